The van der Waals surface area contributed by atoms with E-state index >= 15 is 0 Å². The van der Waals surface area contributed by atoms with Crippen LogP contribution in [0.5, 0.6) is 11.5 Å². The van der Waals surface area contributed by atoms with Crippen LogP contribution in [0.1, 0.15) is 37.7 Å². The summed E-state index contributed by atoms with van der Waals surface area (Å²) in [4.78, 5) is 15.7. The second-order valence-corrected chi connectivity index (χ2v) is 8.41. The van der Waals surface area contributed by atoms with Gasteiger partial charge in [0.25, 0.3) is 0 Å². The van der Waals surface area contributed by atoms with E-state index < -0.39 is 6.10 Å². The van der Waals surface area contributed by atoms with Crippen LogP contribution < -0.4 is 20.1 Å². The lowest BCUT2D eigenvalue weighted by Gasteiger charge is -2.26. The van der Waals surface area contributed by atoms with Crippen LogP contribution in [-0.4, -0.2) is 86.6 Å². The van der Waals surface area contributed by atoms with Crippen molar-refractivity contribution in [2.24, 2.45) is 0 Å². The van der Waals surface area contributed by atoms with E-state index in [1.54, 1.807) is 7.11 Å². The van der Waals surface area contributed by atoms with Crippen molar-refractivity contribution in [2.45, 2.75) is 44.8 Å². The minimum atomic E-state index is -0.520. The molecule has 0 bridgehead atoms. The number of rotatable bonds is 11. The summed E-state index contributed by atoms with van der Waals surface area (Å²) in [6.07, 6.45) is 5.81. The Hall–Kier alpha value is -2.03. The van der Waals surface area contributed by atoms with Crippen molar-refractivity contribution in [3.63, 3.8) is 0 Å². The Bertz CT molecular complexity index is 680. The Labute approximate surface area is 185 Å². The van der Waals surface area contributed by atoms with Crippen LogP contribution in [0.3, 0.4) is 0 Å². The molecule has 0 unspecified atom stereocenters. The molecule has 0 saturated carbocycles. The lowest BCUT2D eigenvalue weighted by Crippen LogP contribution is -2.37. The summed E-state index contributed by atoms with van der Waals surface area (Å²) >= 11 is 0. The monoisotopic (exact) mass is 434 g/mol. The molecule has 3 N–H and O–H groups in total. The van der Waals surface area contributed by atoms with Gasteiger partial charge < -0.3 is 35.0 Å². The first kappa shape index (κ1) is 23.6. The SMILES string of the molecule is COc1cc(CNCCN2CCNC2=O)ccc1OC[C@H](O)CN1CCCCCCC1. The van der Waals surface area contributed by atoms with Crippen molar-refractivity contribution in [1.82, 2.24) is 20.4 Å². The van der Waals surface area contributed by atoms with E-state index in [4.69, 9.17) is 9.47 Å². The summed E-state index contributed by atoms with van der Waals surface area (Å²) in [7, 11) is 1.63. The number of amides is 2. The fourth-order valence-electron chi connectivity index (χ4n) is 4.14. The highest BCUT2D eigenvalue weighted by Crippen LogP contribution is 2.28. The van der Waals surface area contributed by atoms with Crippen molar-refractivity contribution in [3.05, 3.63) is 23.8 Å². The Morgan fingerprint density at radius 3 is 2.61 bits per heavy atom. The Kier molecular flexibility index (Phi) is 9.71. The quantitative estimate of drug-likeness (QED) is 0.461. The zero-order valence-electron chi connectivity index (χ0n) is 18.8. The summed E-state index contributed by atoms with van der Waals surface area (Å²) in [5.41, 5.74) is 1.08. The Morgan fingerprint density at radius 2 is 1.90 bits per heavy atom. The van der Waals surface area contributed by atoms with Crippen LogP contribution >= 0.6 is 0 Å². The summed E-state index contributed by atoms with van der Waals surface area (Å²) in [5, 5.41) is 16.6. The molecule has 3 rings (SSSR count). The maximum atomic E-state index is 11.5. The molecule has 1 atom stereocenters. The molecule has 8 nitrogen and oxygen atoms in total. The number of benzene rings is 1. The minimum absolute atomic E-state index is 0.0125. The lowest BCUT2D eigenvalue weighted by atomic mass is 10.1. The fourth-order valence-corrected chi connectivity index (χ4v) is 4.14. The number of likely N-dealkylation sites (tertiary alicyclic amines) is 1. The number of nitrogens with zero attached hydrogens (tertiary/aromatic N) is 2. The number of carbonyl (C=O) groups is 1. The molecular weight excluding hydrogens is 396 g/mol. The second kappa shape index (κ2) is 12.7. The zero-order valence-corrected chi connectivity index (χ0v) is 18.8. The van der Waals surface area contributed by atoms with Crippen LogP contribution in [0.15, 0.2) is 18.2 Å². The van der Waals surface area contributed by atoms with Crippen LogP contribution in [-0.2, 0) is 6.54 Å². The topological polar surface area (TPSA) is 86.3 Å². The third-order valence-electron chi connectivity index (χ3n) is 5.91. The highest BCUT2D eigenvalue weighted by molar-refractivity contribution is 5.76. The molecule has 0 spiro atoms. The number of carbonyl (C=O) groups excluding carboxylic acids is 1. The van der Waals surface area contributed by atoms with Crippen molar-refractivity contribution in [1.29, 1.82) is 0 Å². The van der Waals surface area contributed by atoms with E-state index in [1.165, 1.54) is 32.1 Å². The number of ether oxygens (including phenoxy) is 2. The van der Waals surface area contributed by atoms with E-state index in [-0.39, 0.29) is 12.6 Å². The molecule has 2 aliphatic heterocycles. The van der Waals surface area contributed by atoms with Gasteiger partial charge >= 0.3 is 6.03 Å². The number of aliphatic hydroxyl groups is 1. The zero-order chi connectivity index (χ0) is 21.9. The molecule has 2 saturated heterocycles. The molecule has 0 aromatic heterocycles. The standard InChI is InChI=1S/C23H38N4O4/c1-30-22-15-19(16-24-9-13-27-14-10-25-23(27)29)7-8-21(22)31-18-20(28)17-26-11-5-3-2-4-6-12-26/h7-8,15,20,24,28H,2-6,9-14,16-18H2,1H3,(H,25,29)/t20-/m1/s1. The highest BCUT2D eigenvalue weighted by Gasteiger charge is 2.18. The number of nitrogens with one attached hydrogen (secondary N) is 2. The van der Waals surface area contributed by atoms with Crippen LogP contribution in [0.25, 0.3) is 0 Å². The van der Waals surface area contributed by atoms with Crippen molar-refractivity contribution < 1.29 is 19.4 Å². The van der Waals surface area contributed by atoms with Gasteiger partial charge in [0.15, 0.2) is 11.5 Å². The maximum Gasteiger partial charge on any atom is 0.317 e. The molecule has 8 heteroatoms. The second-order valence-electron chi connectivity index (χ2n) is 8.41. The molecule has 2 fully saturated rings. The van der Waals surface area contributed by atoms with E-state index in [1.807, 2.05) is 23.1 Å². The number of aliphatic hydroxyl groups excluding tert-OH is 1. The number of β-amino-alcohol motifs (C(OH)–C–C–N with tert-alkyl or cyclic N) is 1. The third kappa shape index (κ3) is 7.87. The first-order valence-electron chi connectivity index (χ1n) is 11.6. The van der Waals surface area contributed by atoms with Gasteiger partial charge in [-0.05, 0) is 43.6 Å². The van der Waals surface area contributed by atoms with Gasteiger partial charge in [-0.15, -0.1) is 0 Å². The Morgan fingerprint density at radius 1 is 1.13 bits per heavy atom. The predicted octanol–water partition coefficient (Wildman–Crippen LogP) is 1.82. The van der Waals surface area contributed by atoms with Gasteiger partial charge in [0.1, 0.15) is 12.7 Å². The molecule has 2 heterocycles. The largest absolute Gasteiger partial charge is 0.493 e. The molecule has 0 aliphatic carbocycles. The summed E-state index contributed by atoms with van der Waals surface area (Å²) in [5.74, 6) is 1.31. The fraction of sp³-hybridized carbons (Fsp3) is 0.696. The highest BCUT2D eigenvalue weighted by atomic mass is 16.5. The van der Waals surface area contributed by atoms with E-state index in [0.717, 1.165) is 38.3 Å². The van der Waals surface area contributed by atoms with Crippen LogP contribution in [0, 0.1) is 0 Å². The normalized spacial score (nSPS) is 18.9. The number of methoxy groups -OCH3 is 1. The third-order valence-corrected chi connectivity index (χ3v) is 5.91. The van der Waals surface area contributed by atoms with Gasteiger partial charge in [-0.3, -0.25) is 0 Å². The number of hydrogen-bond donors (Lipinski definition) is 3. The molecule has 1 aromatic rings. The van der Waals surface area contributed by atoms with Gasteiger partial charge in [-0.25, -0.2) is 4.79 Å². The first-order valence-corrected chi connectivity index (χ1v) is 11.6. The smallest absolute Gasteiger partial charge is 0.317 e. The molecule has 2 amide bonds. The van der Waals surface area contributed by atoms with Gasteiger partial charge in [-0.2, -0.15) is 0 Å². The minimum Gasteiger partial charge on any atom is -0.493 e. The van der Waals surface area contributed by atoms with Crippen molar-refractivity contribution in [3.8, 4) is 11.5 Å². The van der Waals surface area contributed by atoms with E-state index in [0.29, 0.717) is 31.1 Å². The average molecular weight is 435 g/mol. The predicted molar refractivity (Wildman–Crippen MR) is 121 cm³/mol. The molecule has 31 heavy (non-hydrogen) atoms. The van der Waals surface area contributed by atoms with Crippen molar-refractivity contribution in [2.75, 3.05) is 59.5 Å². The van der Waals surface area contributed by atoms with Gasteiger partial charge in [0.05, 0.1) is 7.11 Å². The summed E-state index contributed by atoms with van der Waals surface area (Å²) in [6.45, 7) is 6.63. The average Bonchev–Trinajstić information content (AvgIpc) is 3.16. The summed E-state index contributed by atoms with van der Waals surface area (Å²) < 4.78 is 11.4. The Balaban J connectivity index is 1.40. The van der Waals surface area contributed by atoms with Crippen LogP contribution in [0.4, 0.5) is 4.79 Å². The summed E-state index contributed by atoms with van der Waals surface area (Å²) in [6, 6.07) is 5.86. The van der Waals surface area contributed by atoms with Gasteiger partial charge in [0.2, 0.25) is 0 Å². The van der Waals surface area contributed by atoms with Gasteiger partial charge in [-0.1, -0.05) is 25.3 Å². The van der Waals surface area contributed by atoms with Crippen molar-refractivity contribution >= 4 is 6.03 Å². The number of urea groups is 1. The van der Waals surface area contributed by atoms with E-state index in [2.05, 4.69) is 15.5 Å². The molecule has 1 aromatic carbocycles. The van der Waals surface area contributed by atoms with Crippen LogP contribution in [0.2, 0.25) is 0 Å². The lowest BCUT2D eigenvalue weighted by molar-refractivity contribution is 0.0645. The maximum absolute atomic E-state index is 11.5. The van der Waals surface area contributed by atoms with E-state index in [9.17, 15) is 9.90 Å². The number of hydrogen-bond acceptors (Lipinski definition) is 6. The molecule has 174 valence electrons. The molecular formula is C23H38N4O4. The molecule has 0 radical (unpaired) electrons. The molecule has 2 aliphatic rings. The van der Waals surface area contributed by atoms with Gasteiger partial charge in [0, 0.05) is 39.3 Å². The first-order chi connectivity index (χ1) is 15.2.